The van der Waals surface area contributed by atoms with E-state index in [-0.39, 0.29) is 28.5 Å². The maximum atomic E-state index is 13.3. The number of pyridine rings is 1. The lowest BCUT2D eigenvalue weighted by Gasteiger charge is -2.08. The second kappa shape index (κ2) is 5.63. The van der Waals surface area contributed by atoms with Crippen molar-refractivity contribution in [1.29, 1.82) is 0 Å². The minimum absolute atomic E-state index is 0.0553. The number of hydrogen-bond acceptors (Lipinski definition) is 2. The maximum Gasteiger partial charge on any atom is 0.261 e. The van der Waals surface area contributed by atoms with Gasteiger partial charge in [-0.25, -0.2) is 4.39 Å². The highest BCUT2D eigenvalue weighted by molar-refractivity contribution is 9.10. The average Bonchev–Trinajstić information content (AvgIpc) is 2.30. The molecule has 0 fully saturated rings. The third kappa shape index (κ3) is 3.27. The number of hydrogen-bond donors (Lipinski definition) is 1. The molecule has 1 aromatic carbocycles. The fourth-order valence-electron chi connectivity index (χ4n) is 1.75. The van der Waals surface area contributed by atoms with Crippen molar-refractivity contribution in [3.8, 4) is 0 Å². The van der Waals surface area contributed by atoms with Crippen LogP contribution in [0.25, 0.3) is 0 Å². The Morgan fingerprint density at radius 3 is 2.79 bits per heavy atom. The molecule has 2 N–H and O–H groups in total. The summed E-state index contributed by atoms with van der Waals surface area (Å²) in [6, 6.07) is 7.75. The molecular weight excluding hydrogens is 331 g/mol. The summed E-state index contributed by atoms with van der Waals surface area (Å²) in [5.41, 5.74) is 6.15. The molecular formula is C13H10BrFN2OS. The molecule has 2 rings (SSSR count). The van der Waals surface area contributed by atoms with Crippen LogP contribution in [0.15, 0.2) is 45.8 Å². The van der Waals surface area contributed by atoms with Gasteiger partial charge >= 0.3 is 0 Å². The van der Waals surface area contributed by atoms with Gasteiger partial charge in [0.2, 0.25) is 0 Å². The van der Waals surface area contributed by atoms with Crippen LogP contribution in [0.2, 0.25) is 0 Å². The van der Waals surface area contributed by atoms with Crippen LogP contribution in [0.3, 0.4) is 0 Å². The van der Waals surface area contributed by atoms with E-state index in [0.717, 1.165) is 0 Å². The van der Waals surface area contributed by atoms with Gasteiger partial charge in [-0.1, -0.05) is 28.1 Å². The second-order valence-corrected chi connectivity index (χ2v) is 5.35. The third-order valence-corrected chi connectivity index (χ3v) is 3.24. The van der Waals surface area contributed by atoms with Gasteiger partial charge in [-0.3, -0.25) is 4.79 Å². The molecule has 98 valence electrons. The topological polar surface area (TPSA) is 48.0 Å². The molecule has 0 radical (unpaired) electrons. The van der Waals surface area contributed by atoms with E-state index in [1.165, 1.54) is 16.7 Å². The van der Waals surface area contributed by atoms with Crippen molar-refractivity contribution in [2.75, 3.05) is 0 Å². The molecule has 19 heavy (non-hydrogen) atoms. The van der Waals surface area contributed by atoms with E-state index in [4.69, 9.17) is 18.0 Å². The van der Waals surface area contributed by atoms with Gasteiger partial charge in [0.05, 0.1) is 12.1 Å². The number of halogens is 2. The van der Waals surface area contributed by atoms with E-state index in [2.05, 4.69) is 15.9 Å². The zero-order valence-corrected chi connectivity index (χ0v) is 12.2. The molecule has 0 saturated heterocycles. The summed E-state index contributed by atoms with van der Waals surface area (Å²) in [5.74, 6) is -0.358. The van der Waals surface area contributed by atoms with Crippen LogP contribution in [0.4, 0.5) is 4.39 Å². The van der Waals surface area contributed by atoms with Crippen molar-refractivity contribution in [3.63, 3.8) is 0 Å². The Morgan fingerprint density at radius 2 is 2.16 bits per heavy atom. The fourth-order valence-corrected chi connectivity index (χ4v) is 2.42. The van der Waals surface area contributed by atoms with Gasteiger partial charge < -0.3 is 10.3 Å². The van der Waals surface area contributed by atoms with Crippen molar-refractivity contribution in [2.24, 2.45) is 5.73 Å². The van der Waals surface area contributed by atoms with Gasteiger partial charge in [0.25, 0.3) is 5.56 Å². The highest BCUT2D eigenvalue weighted by atomic mass is 79.9. The standard InChI is InChI=1S/C13H10BrFN2OS/c14-9-4-8(5-10(15)6-9)7-17-3-1-2-11(12(16)19)13(17)18/h1-6H,7H2,(H2,16,19). The monoisotopic (exact) mass is 340 g/mol. The zero-order chi connectivity index (χ0) is 14.0. The van der Waals surface area contributed by atoms with Gasteiger partial charge in [0.1, 0.15) is 10.8 Å². The lowest BCUT2D eigenvalue weighted by atomic mass is 10.2. The molecule has 6 heteroatoms. The van der Waals surface area contributed by atoms with E-state index in [9.17, 15) is 9.18 Å². The first-order valence-corrected chi connectivity index (χ1v) is 6.62. The Morgan fingerprint density at radius 1 is 1.42 bits per heavy atom. The summed E-state index contributed by atoms with van der Waals surface area (Å²) >= 11 is 8.03. The summed E-state index contributed by atoms with van der Waals surface area (Å²) in [6.07, 6.45) is 1.61. The van der Waals surface area contributed by atoms with Crippen molar-refractivity contribution < 1.29 is 4.39 Å². The molecule has 0 amide bonds. The minimum Gasteiger partial charge on any atom is -0.389 e. The molecule has 0 saturated carbocycles. The number of thiocarbonyl (C=S) groups is 1. The molecule has 2 aromatic rings. The Labute approximate surface area is 123 Å². The summed E-state index contributed by atoms with van der Waals surface area (Å²) in [5, 5.41) is 0. The quantitative estimate of drug-likeness (QED) is 0.873. The minimum atomic E-state index is -0.358. The first kappa shape index (κ1) is 13.9. The van der Waals surface area contributed by atoms with E-state index in [1.807, 2.05) is 0 Å². The van der Waals surface area contributed by atoms with E-state index < -0.39 is 0 Å². The van der Waals surface area contributed by atoms with E-state index in [0.29, 0.717) is 10.0 Å². The number of aromatic nitrogens is 1. The van der Waals surface area contributed by atoms with Gasteiger partial charge in [0, 0.05) is 10.7 Å². The van der Waals surface area contributed by atoms with Crippen LogP contribution < -0.4 is 11.3 Å². The predicted octanol–water partition coefficient (Wildman–Crippen LogP) is 2.43. The molecule has 0 aliphatic rings. The van der Waals surface area contributed by atoms with Crippen LogP contribution in [0.5, 0.6) is 0 Å². The highest BCUT2D eigenvalue weighted by Gasteiger charge is 2.07. The summed E-state index contributed by atoms with van der Waals surface area (Å²) < 4.78 is 15.3. The normalized spacial score (nSPS) is 10.4. The number of nitrogens with zero attached hydrogens (tertiary/aromatic N) is 1. The van der Waals surface area contributed by atoms with Gasteiger partial charge in [-0.05, 0) is 35.9 Å². The van der Waals surface area contributed by atoms with E-state index >= 15 is 0 Å². The van der Waals surface area contributed by atoms with E-state index in [1.54, 1.807) is 24.4 Å². The Bertz CT molecular complexity index is 679. The smallest absolute Gasteiger partial charge is 0.261 e. The lowest BCUT2D eigenvalue weighted by Crippen LogP contribution is -2.28. The highest BCUT2D eigenvalue weighted by Crippen LogP contribution is 2.15. The summed E-state index contributed by atoms with van der Waals surface area (Å²) in [6.45, 7) is 0.256. The molecule has 0 aliphatic carbocycles. The molecule has 0 atom stereocenters. The summed E-state index contributed by atoms with van der Waals surface area (Å²) in [4.78, 5) is 12.1. The van der Waals surface area contributed by atoms with Crippen LogP contribution in [0, 0.1) is 5.82 Å². The number of benzene rings is 1. The predicted molar refractivity (Wildman–Crippen MR) is 79.8 cm³/mol. The molecule has 1 heterocycles. The van der Waals surface area contributed by atoms with Gasteiger partial charge in [-0.15, -0.1) is 0 Å². The number of nitrogens with two attached hydrogens (primary N) is 1. The molecule has 0 aliphatic heterocycles. The van der Waals surface area contributed by atoms with Crippen LogP contribution >= 0.6 is 28.1 Å². The third-order valence-electron chi connectivity index (χ3n) is 2.56. The molecule has 0 unspecified atom stereocenters. The Kier molecular flexibility index (Phi) is 4.11. The van der Waals surface area contributed by atoms with Gasteiger partial charge in [0.15, 0.2) is 0 Å². The largest absolute Gasteiger partial charge is 0.389 e. The zero-order valence-electron chi connectivity index (χ0n) is 9.77. The SMILES string of the molecule is NC(=S)c1cccn(Cc2cc(F)cc(Br)c2)c1=O. The van der Waals surface area contributed by atoms with Crippen LogP contribution in [-0.2, 0) is 6.54 Å². The van der Waals surface area contributed by atoms with Crippen LogP contribution in [-0.4, -0.2) is 9.56 Å². The molecule has 0 spiro atoms. The number of rotatable bonds is 3. The van der Waals surface area contributed by atoms with Crippen molar-refractivity contribution >= 4 is 33.1 Å². The molecule has 0 bridgehead atoms. The van der Waals surface area contributed by atoms with Crippen LogP contribution in [0.1, 0.15) is 11.1 Å². The van der Waals surface area contributed by atoms with Crippen molar-refractivity contribution in [1.82, 2.24) is 4.57 Å². The first-order chi connectivity index (χ1) is 8.97. The fraction of sp³-hybridized carbons (Fsp3) is 0.0769. The Hall–Kier alpha value is -1.53. The molecule has 3 nitrogen and oxygen atoms in total. The van der Waals surface area contributed by atoms with Crippen molar-refractivity contribution in [3.05, 3.63) is 68.3 Å². The van der Waals surface area contributed by atoms with Gasteiger partial charge in [-0.2, -0.15) is 0 Å². The maximum absolute atomic E-state index is 13.3. The summed E-state index contributed by atoms with van der Waals surface area (Å²) in [7, 11) is 0. The second-order valence-electron chi connectivity index (χ2n) is 4.00. The Balaban J connectivity index is 2.41. The molecule has 1 aromatic heterocycles. The lowest BCUT2D eigenvalue weighted by molar-refractivity contribution is 0.621. The first-order valence-electron chi connectivity index (χ1n) is 5.41. The van der Waals surface area contributed by atoms with Crippen molar-refractivity contribution in [2.45, 2.75) is 6.54 Å². The average molecular weight is 341 g/mol.